The van der Waals surface area contributed by atoms with Crippen LogP contribution < -0.4 is 14.2 Å². The molecule has 3 aromatic rings. The van der Waals surface area contributed by atoms with Crippen molar-refractivity contribution in [3.63, 3.8) is 0 Å². The van der Waals surface area contributed by atoms with Gasteiger partial charge in [0, 0.05) is 10.9 Å². The van der Waals surface area contributed by atoms with Crippen LogP contribution in [0.3, 0.4) is 0 Å². The van der Waals surface area contributed by atoms with Gasteiger partial charge in [0.2, 0.25) is 5.75 Å². The molecule has 3 rings (SSSR count). The molecule has 0 radical (unpaired) electrons. The Morgan fingerprint density at radius 2 is 1.54 bits per heavy atom. The number of phenols is 1. The molecule has 2 aromatic carbocycles. The summed E-state index contributed by atoms with van der Waals surface area (Å²) in [4.78, 5) is 13.0. The van der Waals surface area contributed by atoms with Gasteiger partial charge in [-0.1, -0.05) is 37.0 Å². The molecule has 0 aliphatic carbocycles. The quantitative estimate of drug-likeness (QED) is 0.524. The van der Waals surface area contributed by atoms with E-state index in [1.807, 2.05) is 13.8 Å². The Bertz CT molecular complexity index is 985. The summed E-state index contributed by atoms with van der Waals surface area (Å²) in [7, 11) is 4.39. The minimum absolute atomic E-state index is 0.0330. The van der Waals surface area contributed by atoms with Crippen molar-refractivity contribution < 1.29 is 28.5 Å². The summed E-state index contributed by atoms with van der Waals surface area (Å²) in [6, 6.07) is 4.39. The smallest absolute Gasteiger partial charge is 0.203 e. The Morgan fingerprint density at radius 3 is 2.04 bits per heavy atom. The molecular formula is C20H20Cl2O6. The number of ether oxygens (including phenoxy) is 3. The van der Waals surface area contributed by atoms with Gasteiger partial charge in [-0.05, 0) is 18.2 Å². The number of aromatic hydroxyl groups is 1. The largest absolute Gasteiger partial charge is 0.506 e. The van der Waals surface area contributed by atoms with Crippen molar-refractivity contribution in [3.8, 4) is 23.0 Å². The molecule has 150 valence electrons. The van der Waals surface area contributed by atoms with Crippen molar-refractivity contribution in [2.45, 2.75) is 13.8 Å². The average Bonchev–Trinajstić information content (AvgIpc) is 3.15. The highest BCUT2D eigenvalue weighted by molar-refractivity contribution is 6.46. The first-order valence-corrected chi connectivity index (χ1v) is 9.11. The number of furan rings is 1. The van der Waals surface area contributed by atoms with Crippen LogP contribution in [-0.4, -0.2) is 32.2 Å². The zero-order valence-corrected chi connectivity index (χ0v) is 17.6. The van der Waals surface area contributed by atoms with Crippen LogP contribution in [0.5, 0.6) is 23.0 Å². The number of halogens is 2. The van der Waals surface area contributed by atoms with E-state index in [9.17, 15) is 9.90 Å². The monoisotopic (exact) mass is 426 g/mol. The SMILES string of the molecule is CC.COc1cc(C(=O)c2coc3c(Cl)c(Cl)c(O)cc23)cc(OC)c1OC. The Kier molecular flexibility index (Phi) is 7.05. The van der Waals surface area contributed by atoms with E-state index in [1.54, 1.807) is 0 Å². The van der Waals surface area contributed by atoms with Crippen LogP contribution in [0.1, 0.15) is 29.8 Å². The minimum atomic E-state index is -0.374. The molecule has 0 unspecified atom stereocenters. The molecule has 0 bridgehead atoms. The average molecular weight is 427 g/mol. The number of rotatable bonds is 5. The molecule has 0 aliphatic heterocycles. The molecule has 1 N–H and O–H groups in total. The topological polar surface area (TPSA) is 78.1 Å². The van der Waals surface area contributed by atoms with Gasteiger partial charge in [0.15, 0.2) is 22.9 Å². The van der Waals surface area contributed by atoms with E-state index in [0.717, 1.165) is 0 Å². The van der Waals surface area contributed by atoms with Gasteiger partial charge in [-0.25, -0.2) is 0 Å². The first-order valence-electron chi connectivity index (χ1n) is 8.35. The van der Waals surface area contributed by atoms with Crippen molar-refractivity contribution in [1.82, 2.24) is 0 Å². The molecule has 0 saturated carbocycles. The number of carbonyl (C=O) groups excluding carboxylic acids is 1. The Hall–Kier alpha value is -2.57. The van der Waals surface area contributed by atoms with Gasteiger partial charge in [-0.3, -0.25) is 4.79 Å². The lowest BCUT2D eigenvalue weighted by Crippen LogP contribution is -2.03. The van der Waals surface area contributed by atoms with Crippen LogP contribution in [0.4, 0.5) is 0 Å². The van der Waals surface area contributed by atoms with Gasteiger partial charge in [0.25, 0.3) is 0 Å². The van der Waals surface area contributed by atoms with Crippen LogP contribution in [0.15, 0.2) is 28.9 Å². The van der Waals surface area contributed by atoms with Gasteiger partial charge < -0.3 is 23.7 Å². The maximum absolute atomic E-state index is 13.0. The number of phenolic OH excluding ortho intramolecular Hbond substituents is 1. The second-order valence-corrected chi connectivity index (χ2v) is 6.05. The van der Waals surface area contributed by atoms with Crippen LogP contribution in [-0.2, 0) is 0 Å². The highest BCUT2D eigenvalue weighted by Gasteiger charge is 2.23. The van der Waals surface area contributed by atoms with Gasteiger partial charge in [-0.15, -0.1) is 0 Å². The Labute approximate surface area is 172 Å². The normalized spacial score (nSPS) is 10.2. The number of methoxy groups -OCH3 is 3. The highest BCUT2D eigenvalue weighted by atomic mass is 35.5. The summed E-state index contributed by atoms with van der Waals surface area (Å²) in [5.74, 6) is 0.431. The van der Waals surface area contributed by atoms with E-state index >= 15 is 0 Å². The second-order valence-electron chi connectivity index (χ2n) is 5.29. The molecule has 1 heterocycles. The molecule has 0 atom stereocenters. The Morgan fingerprint density at radius 1 is 0.964 bits per heavy atom. The molecule has 0 spiro atoms. The predicted molar refractivity (Wildman–Crippen MR) is 109 cm³/mol. The standard InChI is InChI=1S/C18H14Cl2O6.C2H6/c1-23-12-4-8(5-13(24-2)18(12)25-3)16(22)10-7-26-17-9(10)6-11(21)14(19)15(17)20;1-2/h4-7,21H,1-3H3;1-2H3. The van der Waals surface area contributed by atoms with E-state index in [4.69, 9.17) is 41.8 Å². The van der Waals surface area contributed by atoms with Crippen molar-refractivity contribution >= 4 is 40.0 Å². The lowest BCUT2D eigenvalue weighted by molar-refractivity contribution is 0.103. The fourth-order valence-corrected chi connectivity index (χ4v) is 3.02. The summed E-state index contributed by atoms with van der Waals surface area (Å²) < 4.78 is 21.2. The molecule has 0 saturated heterocycles. The van der Waals surface area contributed by atoms with Gasteiger partial charge in [0.05, 0.1) is 26.9 Å². The maximum Gasteiger partial charge on any atom is 0.203 e. The summed E-state index contributed by atoms with van der Waals surface area (Å²) in [6.07, 6.45) is 1.26. The van der Waals surface area contributed by atoms with Gasteiger partial charge >= 0.3 is 0 Å². The molecule has 0 aliphatic rings. The van der Waals surface area contributed by atoms with Crippen molar-refractivity contribution in [2.24, 2.45) is 0 Å². The summed E-state index contributed by atoms with van der Waals surface area (Å²) >= 11 is 12.0. The molecule has 0 fully saturated rings. The summed E-state index contributed by atoms with van der Waals surface area (Å²) in [5.41, 5.74) is 0.709. The van der Waals surface area contributed by atoms with Crippen LogP contribution in [0, 0.1) is 0 Å². The van der Waals surface area contributed by atoms with Crippen molar-refractivity contribution in [3.05, 3.63) is 45.6 Å². The van der Waals surface area contributed by atoms with E-state index < -0.39 is 0 Å². The van der Waals surface area contributed by atoms with Crippen molar-refractivity contribution in [1.29, 1.82) is 0 Å². The van der Waals surface area contributed by atoms with E-state index in [2.05, 4.69) is 0 Å². The fourth-order valence-electron chi connectivity index (χ4n) is 2.64. The van der Waals surface area contributed by atoms with Crippen LogP contribution >= 0.6 is 23.2 Å². The number of benzene rings is 2. The third-order valence-corrected chi connectivity index (χ3v) is 4.74. The molecular weight excluding hydrogens is 407 g/mol. The van der Waals surface area contributed by atoms with E-state index in [-0.39, 0.29) is 38.3 Å². The van der Waals surface area contributed by atoms with E-state index in [1.165, 1.54) is 45.8 Å². The van der Waals surface area contributed by atoms with Crippen molar-refractivity contribution in [2.75, 3.05) is 21.3 Å². The zero-order valence-electron chi connectivity index (χ0n) is 16.1. The maximum atomic E-state index is 13.0. The zero-order chi connectivity index (χ0) is 21.0. The first kappa shape index (κ1) is 21.7. The Balaban J connectivity index is 0.00000136. The lowest BCUT2D eigenvalue weighted by Gasteiger charge is -2.13. The second kappa shape index (κ2) is 9.08. The first-order chi connectivity index (χ1) is 13.4. The number of hydrogen-bond acceptors (Lipinski definition) is 6. The lowest BCUT2D eigenvalue weighted by atomic mass is 10.0. The third kappa shape index (κ3) is 3.70. The molecule has 28 heavy (non-hydrogen) atoms. The molecule has 8 heteroatoms. The number of hydrogen-bond donors (Lipinski definition) is 1. The number of ketones is 1. The molecule has 6 nitrogen and oxygen atoms in total. The van der Waals surface area contributed by atoms with Crippen LogP contribution in [0.25, 0.3) is 11.0 Å². The van der Waals surface area contributed by atoms with Gasteiger partial charge in [0.1, 0.15) is 22.1 Å². The minimum Gasteiger partial charge on any atom is -0.506 e. The fraction of sp³-hybridized carbons (Fsp3) is 0.250. The number of fused-ring (bicyclic) bond motifs is 1. The summed E-state index contributed by atoms with van der Waals surface area (Å²) in [5, 5.41) is 10.2. The molecule has 1 aromatic heterocycles. The predicted octanol–water partition coefficient (Wildman–Crippen LogP) is 5.73. The van der Waals surface area contributed by atoms with Gasteiger partial charge in [-0.2, -0.15) is 0 Å². The molecule has 0 amide bonds. The summed E-state index contributed by atoms with van der Waals surface area (Å²) in [6.45, 7) is 4.00. The van der Waals surface area contributed by atoms with Crippen LogP contribution in [0.2, 0.25) is 10.0 Å². The number of carbonyl (C=O) groups is 1. The van der Waals surface area contributed by atoms with E-state index in [0.29, 0.717) is 22.6 Å². The highest BCUT2D eigenvalue weighted by Crippen LogP contribution is 2.42. The third-order valence-electron chi connectivity index (χ3n) is 3.90.